The van der Waals surface area contributed by atoms with E-state index in [2.05, 4.69) is 11.4 Å². The Morgan fingerprint density at radius 3 is 2.94 bits per heavy atom. The highest BCUT2D eigenvalue weighted by molar-refractivity contribution is 6.30. The van der Waals surface area contributed by atoms with Gasteiger partial charge in [-0.25, -0.2) is 0 Å². The van der Waals surface area contributed by atoms with Crippen LogP contribution in [-0.4, -0.2) is 13.7 Å². The van der Waals surface area contributed by atoms with Crippen molar-refractivity contribution >= 4 is 17.3 Å². The topological polar surface area (TPSA) is 45.0 Å². The van der Waals surface area contributed by atoms with Crippen molar-refractivity contribution in [3.8, 4) is 11.8 Å². The molecule has 0 heterocycles. The Kier molecular flexibility index (Phi) is 5.52. The molecule has 0 fully saturated rings. The molecule has 0 aromatic heterocycles. The van der Waals surface area contributed by atoms with E-state index in [1.165, 1.54) is 0 Å². The number of rotatable bonds is 6. The van der Waals surface area contributed by atoms with Gasteiger partial charge in [0.25, 0.3) is 0 Å². The first-order valence-corrected chi connectivity index (χ1v) is 5.60. The average Bonchev–Trinajstić information content (AvgIpc) is 2.29. The number of anilines is 1. The van der Waals surface area contributed by atoms with Crippen molar-refractivity contribution in [3.63, 3.8) is 0 Å². The lowest BCUT2D eigenvalue weighted by molar-refractivity contribution is 0.416. The smallest absolute Gasteiger partial charge is 0.142 e. The van der Waals surface area contributed by atoms with Gasteiger partial charge in [-0.3, -0.25) is 0 Å². The molecule has 0 unspecified atom stereocenters. The number of unbranched alkanes of at least 4 members (excludes halogenated alkanes) is 2. The minimum absolute atomic E-state index is 0.606. The lowest BCUT2D eigenvalue weighted by Crippen LogP contribution is -2.03. The number of benzene rings is 1. The van der Waals surface area contributed by atoms with Crippen molar-refractivity contribution in [2.45, 2.75) is 19.3 Å². The van der Waals surface area contributed by atoms with Gasteiger partial charge in [0.2, 0.25) is 0 Å². The minimum Gasteiger partial charge on any atom is -0.495 e. The van der Waals surface area contributed by atoms with Crippen LogP contribution in [0.4, 0.5) is 5.69 Å². The molecule has 0 atom stereocenters. The van der Waals surface area contributed by atoms with E-state index >= 15 is 0 Å². The van der Waals surface area contributed by atoms with Crippen LogP contribution in [0.1, 0.15) is 19.3 Å². The van der Waals surface area contributed by atoms with Crippen LogP contribution in [0.15, 0.2) is 18.2 Å². The summed E-state index contributed by atoms with van der Waals surface area (Å²) in [7, 11) is 1.63. The third-order valence-corrected chi connectivity index (χ3v) is 2.43. The molecule has 0 radical (unpaired) electrons. The Morgan fingerprint density at radius 1 is 1.44 bits per heavy atom. The fourth-order valence-corrected chi connectivity index (χ4v) is 1.54. The molecule has 0 spiro atoms. The van der Waals surface area contributed by atoms with E-state index in [1.54, 1.807) is 13.2 Å². The molecule has 1 rings (SSSR count). The molecule has 0 saturated heterocycles. The van der Waals surface area contributed by atoms with E-state index in [1.807, 2.05) is 12.1 Å². The Labute approximate surface area is 101 Å². The predicted molar refractivity (Wildman–Crippen MR) is 66.0 cm³/mol. The van der Waals surface area contributed by atoms with Gasteiger partial charge in [-0.1, -0.05) is 11.6 Å². The first-order valence-electron chi connectivity index (χ1n) is 5.22. The Hall–Kier alpha value is -1.40. The summed E-state index contributed by atoms with van der Waals surface area (Å²) in [5.74, 6) is 0.782. The monoisotopic (exact) mass is 238 g/mol. The second kappa shape index (κ2) is 6.97. The predicted octanol–water partition coefficient (Wildman–Crippen LogP) is 3.45. The second-order valence-corrected chi connectivity index (χ2v) is 3.82. The van der Waals surface area contributed by atoms with Gasteiger partial charge in [-0.2, -0.15) is 5.26 Å². The second-order valence-electron chi connectivity index (χ2n) is 3.39. The maximum absolute atomic E-state index is 8.39. The van der Waals surface area contributed by atoms with Crippen molar-refractivity contribution in [3.05, 3.63) is 23.2 Å². The molecular weight excluding hydrogens is 224 g/mol. The normalized spacial score (nSPS) is 9.56. The van der Waals surface area contributed by atoms with E-state index in [0.717, 1.165) is 30.8 Å². The molecule has 4 heteroatoms. The number of ether oxygens (including phenoxy) is 1. The first kappa shape index (κ1) is 12.7. The fourth-order valence-electron chi connectivity index (χ4n) is 1.37. The quantitative estimate of drug-likeness (QED) is 0.772. The summed E-state index contributed by atoms with van der Waals surface area (Å²) in [6, 6.07) is 7.59. The molecule has 0 aliphatic rings. The molecule has 1 aromatic carbocycles. The Balaban J connectivity index is 2.46. The molecular formula is C12H15ClN2O. The van der Waals surface area contributed by atoms with Crippen molar-refractivity contribution in [2.24, 2.45) is 0 Å². The number of halogens is 1. The summed E-state index contributed by atoms with van der Waals surface area (Å²) in [5, 5.41) is 12.3. The summed E-state index contributed by atoms with van der Waals surface area (Å²) in [4.78, 5) is 0. The van der Waals surface area contributed by atoms with Crippen LogP contribution in [0.5, 0.6) is 5.75 Å². The van der Waals surface area contributed by atoms with Crippen molar-refractivity contribution in [2.75, 3.05) is 19.0 Å². The van der Waals surface area contributed by atoms with Crippen molar-refractivity contribution < 1.29 is 4.74 Å². The zero-order valence-electron chi connectivity index (χ0n) is 9.29. The fraction of sp³-hybridized carbons (Fsp3) is 0.417. The summed E-state index contributed by atoms with van der Waals surface area (Å²) >= 11 is 5.90. The molecule has 0 aliphatic heterocycles. The lowest BCUT2D eigenvalue weighted by Gasteiger charge is -2.10. The standard InChI is InChI=1S/C12H15ClN2O/c1-16-12-6-5-10(13)9-11(12)15-8-4-2-3-7-14/h5-6,9,15H,2-4,8H2,1H3. The van der Waals surface area contributed by atoms with Crippen molar-refractivity contribution in [1.29, 1.82) is 5.26 Å². The number of nitrogens with one attached hydrogen (secondary N) is 1. The van der Waals surface area contributed by atoms with E-state index in [4.69, 9.17) is 21.6 Å². The molecule has 0 aliphatic carbocycles. The summed E-state index contributed by atoms with van der Waals surface area (Å²) in [6.45, 7) is 0.818. The third kappa shape index (κ3) is 4.00. The van der Waals surface area contributed by atoms with Gasteiger partial charge in [-0.15, -0.1) is 0 Å². The number of methoxy groups -OCH3 is 1. The molecule has 0 bridgehead atoms. The maximum Gasteiger partial charge on any atom is 0.142 e. The molecule has 16 heavy (non-hydrogen) atoms. The highest BCUT2D eigenvalue weighted by Gasteiger charge is 2.02. The largest absolute Gasteiger partial charge is 0.495 e. The highest BCUT2D eigenvalue weighted by Crippen LogP contribution is 2.27. The molecule has 0 amide bonds. The van der Waals surface area contributed by atoms with Gasteiger partial charge in [0, 0.05) is 18.0 Å². The van der Waals surface area contributed by atoms with E-state index in [-0.39, 0.29) is 0 Å². The van der Waals surface area contributed by atoms with Gasteiger partial charge in [0.05, 0.1) is 18.9 Å². The Morgan fingerprint density at radius 2 is 2.25 bits per heavy atom. The van der Waals surface area contributed by atoms with Gasteiger partial charge >= 0.3 is 0 Å². The van der Waals surface area contributed by atoms with E-state index < -0.39 is 0 Å². The van der Waals surface area contributed by atoms with Gasteiger partial charge in [-0.05, 0) is 31.0 Å². The van der Waals surface area contributed by atoms with Crippen LogP contribution < -0.4 is 10.1 Å². The van der Waals surface area contributed by atoms with Crippen LogP contribution in [0.3, 0.4) is 0 Å². The number of hydrogen-bond donors (Lipinski definition) is 1. The van der Waals surface area contributed by atoms with Crippen LogP contribution in [0.2, 0.25) is 5.02 Å². The van der Waals surface area contributed by atoms with Crippen LogP contribution >= 0.6 is 11.6 Å². The first-order chi connectivity index (χ1) is 7.77. The zero-order chi connectivity index (χ0) is 11.8. The number of hydrogen-bond acceptors (Lipinski definition) is 3. The SMILES string of the molecule is COc1ccc(Cl)cc1NCCCCC#N. The molecule has 0 saturated carbocycles. The molecule has 3 nitrogen and oxygen atoms in total. The number of nitriles is 1. The molecule has 1 N–H and O–H groups in total. The van der Waals surface area contributed by atoms with E-state index in [9.17, 15) is 0 Å². The van der Waals surface area contributed by atoms with E-state index in [0.29, 0.717) is 11.4 Å². The molecule has 86 valence electrons. The van der Waals surface area contributed by atoms with Crippen molar-refractivity contribution in [1.82, 2.24) is 0 Å². The average molecular weight is 239 g/mol. The van der Waals surface area contributed by atoms with Gasteiger partial charge in [0.1, 0.15) is 5.75 Å². The summed E-state index contributed by atoms with van der Waals surface area (Å²) < 4.78 is 5.21. The van der Waals surface area contributed by atoms with Gasteiger partial charge < -0.3 is 10.1 Å². The minimum atomic E-state index is 0.606. The maximum atomic E-state index is 8.39. The zero-order valence-corrected chi connectivity index (χ0v) is 10.0. The lowest BCUT2D eigenvalue weighted by atomic mass is 10.2. The number of nitrogens with zero attached hydrogens (tertiary/aromatic N) is 1. The van der Waals surface area contributed by atoms with Crippen LogP contribution in [0.25, 0.3) is 0 Å². The third-order valence-electron chi connectivity index (χ3n) is 2.19. The summed E-state index contributed by atoms with van der Waals surface area (Å²) in [5.41, 5.74) is 0.895. The van der Waals surface area contributed by atoms with Crippen LogP contribution in [0, 0.1) is 11.3 Å². The summed E-state index contributed by atoms with van der Waals surface area (Å²) in [6.07, 6.45) is 2.48. The van der Waals surface area contributed by atoms with Gasteiger partial charge in [0.15, 0.2) is 0 Å². The highest BCUT2D eigenvalue weighted by atomic mass is 35.5. The molecule has 1 aromatic rings. The Bertz CT molecular complexity index is 374. The van der Waals surface area contributed by atoms with Crippen LogP contribution in [-0.2, 0) is 0 Å².